The minimum absolute atomic E-state index is 0.0663. The predicted octanol–water partition coefficient (Wildman–Crippen LogP) is 4.91. The lowest BCUT2D eigenvalue weighted by molar-refractivity contribution is -0.154. The first kappa shape index (κ1) is 25.5. The van der Waals surface area contributed by atoms with Gasteiger partial charge in [0.1, 0.15) is 23.2 Å². The molecule has 0 aliphatic carbocycles. The molecule has 2 aliphatic heterocycles. The molecule has 198 valence electrons. The quantitative estimate of drug-likeness (QED) is 0.247. The van der Waals surface area contributed by atoms with Gasteiger partial charge in [0.25, 0.3) is 0 Å². The first-order valence-corrected chi connectivity index (χ1v) is 14.0. The van der Waals surface area contributed by atoms with E-state index in [2.05, 4.69) is 47.0 Å². The van der Waals surface area contributed by atoms with Crippen LogP contribution in [0.5, 0.6) is 0 Å². The fourth-order valence-electron chi connectivity index (χ4n) is 5.90. The summed E-state index contributed by atoms with van der Waals surface area (Å²) in [4.78, 5) is 29.0. The van der Waals surface area contributed by atoms with Crippen molar-refractivity contribution in [1.29, 1.82) is 0 Å². The fourth-order valence-corrected chi connectivity index (χ4v) is 7.53. The molecule has 0 spiro atoms. The lowest BCUT2D eigenvalue weighted by atomic mass is 9.76. The molecule has 0 radical (unpaired) electrons. The monoisotopic (exact) mass is 537 g/mol. The van der Waals surface area contributed by atoms with Crippen LogP contribution in [0.15, 0.2) is 114 Å². The minimum atomic E-state index is -0.763. The smallest absolute Gasteiger partial charge is 0.244 e. The van der Waals surface area contributed by atoms with E-state index in [4.69, 9.17) is 4.42 Å². The number of hydrogen-bond acceptors (Lipinski definition) is 5. The van der Waals surface area contributed by atoms with Crippen molar-refractivity contribution in [2.75, 3.05) is 0 Å². The number of thioether (sulfide) groups is 1. The lowest BCUT2D eigenvalue weighted by Crippen LogP contribution is -2.73. The number of nitrogens with one attached hydrogen (secondary N) is 2. The van der Waals surface area contributed by atoms with Gasteiger partial charge in [-0.1, -0.05) is 91.0 Å². The summed E-state index contributed by atoms with van der Waals surface area (Å²) in [6.45, 7) is 4.36. The highest BCUT2D eigenvalue weighted by Crippen LogP contribution is 2.52. The molecule has 3 atom stereocenters. The number of benzene rings is 3. The summed E-state index contributed by atoms with van der Waals surface area (Å²) in [5, 5.41) is 6.62. The van der Waals surface area contributed by atoms with Gasteiger partial charge in [-0.3, -0.25) is 14.9 Å². The summed E-state index contributed by atoms with van der Waals surface area (Å²) >= 11 is 1.67. The fraction of sp³-hybridized carbons (Fsp3) is 0.250. The average molecular weight is 538 g/mol. The topological polar surface area (TPSA) is 74.6 Å². The zero-order valence-electron chi connectivity index (χ0n) is 21.9. The SMILES string of the molecule is CC1(C)S[C@H]2C(NC(c3ccccc3)(c3ccccc3)c3ccccc3)C(=O)N2C1C(=O)NCc1ccco1. The maximum atomic E-state index is 13.9. The summed E-state index contributed by atoms with van der Waals surface area (Å²) < 4.78 is 4.91. The van der Waals surface area contributed by atoms with Crippen molar-refractivity contribution in [3.63, 3.8) is 0 Å². The Hall–Kier alpha value is -3.81. The van der Waals surface area contributed by atoms with Crippen LogP contribution in [0.1, 0.15) is 36.3 Å². The average Bonchev–Trinajstić information content (AvgIpc) is 3.58. The Morgan fingerprint density at radius 3 is 1.90 bits per heavy atom. The maximum Gasteiger partial charge on any atom is 0.244 e. The third kappa shape index (κ3) is 4.36. The molecule has 2 aliphatic rings. The second-order valence-corrected chi connectivity index (χ2v) is 12.3. The molecular formula is C32H31N3O3S. The third-order valence-corrected chi connectivity index (χ3v) is 9.27. The molecule has 0 bridgehead atoms. The summed E-state index contributed by atoms with van der Waals surface area (Å²) in [7, 11) is 0. The van der Waals surface area contributed by atoms with Crippen LogP contribution in [0.3, 0.4) is 0 Å². The molecule has 6 nitrogen and oxygen atoms in total. The molecule has 2 amide bonds. The van der Waals surface area contributed by atoms with Gasteiger partial charge in [-0.2, -0.15) is 0 Å². The summed E-state index contributed by atoms with van der Waals surface area (Å²) in [6, 6.07) is 33.3. The predicted molar refractivity (Wildman–Crippen MR) is 153 cm³/mol. The molecule has 2 saturated heterocycles. The molecule has 2 fully saturated rings. The van der Waals surface area contributed by atoms with Gasteiger partial charge >= 0.3 is 0 Å². The van der Waals surface area contributed by atoms with Crippen LogP contribution in [0.2, 0.25) is 0 Å². The summed E-state index contributed by atoms with van der Waals surface area (Å²) in [6.07, 6.45) is 1.58. The van der Waals surface area contributed by atoms with Gasteiger partial charge in [0.2, 0.25) is 11.8 Å². The highest BCUT2D eigenvalue weighted by atomic mass is 32.2. The van der Waals surface area contributed by atoms with Gasteiger partial charge in [0.15, 0.2) is 0 Å². The highest BCUT2D eigenvalue weighted by Gasteiger charge is 2.64. The van der Waals surface area contributed by atoms with E-state index in [1.165, 1.54) is 0 Å². The normalized spacial score (nSPS) is 21.7. The molecule has 2 unspecified atom stereocenters. The Morgan fingerprint density at radius 2 is 1.41 bits per heavy atom. The van der Waals surface area contributed by atoms with Crippen LogP contribution in [0.4, 0.5) is 0 Å². The van der Waals surface area contributed by atoms with Crippen molar-refractivity contribution in [3.05, 3.63) is 132 Å². The van der Waals surface area contributed by atoms with Gasteiger partial charge < -0.3 is 14.6 Å². The van der Waals surface area contributed by atoms with E-state index in [9.17, 15) is 9.59 Å². The largest absolute Gasteiger partial charge is 0.467 e. The molecule has 1 aromatic heterocycles. The number of nitrogens with zero attached hydrogens (tertiary/aromatic N) is 1. The standard InChI is InChI=1S/C32H31N3O3S/c1-31(2)27(28(36)33-21-25-19-12-20-38-25)35-29(37)26(30(35)39-31)34-32(22-13-6-3-7-14-22,23-15-8-4-9-16-23)24-17-10-5-11-18-24/h3-20,26-27,30,34H,21H2,1-2H3,(H,33,36)/t26?,27?,30-/m0/s1. The van der Waals surface area contributed by atoms with Crippen molar-refractivity contribution in [3.8, 4) is 0 Å². The van der Waals surface area contributed by atoms with E-state index in [0.717, 1.165) is 16.7 Å². The molecule has 0 saturated carbocycles. The first-order valence-electron chi connectivity index (χ1n) is 13.2. The summed E-state index contributed by atoms with van der Waals surface area (Å²) in [5.41, 5.74) is 2.37. The number of β-lactam (4-membered cyclic amide) rings is 1. The van der Waals surface area contributed by atoms with E-state index in [0.29, 0.717) is 5.76 Å². The van der Waals surface area contributed by atoms with Gasteiger partial charge in [-0.05, 0) is 42.7 Å². The Labute approximate surface area is 232 Å². The van der Waals surface area contributed by atoms with E-state index < -0.39 is 22.4 Å². The van der Waals surface area contributed by atoms with E-state index in [1.807, 2.05) is 74.5 Å². The van der Waals surface area contributed by atoms with Crippen molar-refractivity contribution in [1.82, 2.24) is 15.5 Å². The number of hydrogen-bond donors (Lipinski definition) is 2. The zero-order chi connectivity index (χ0) is 27.0. The van der Waals surface area contributed by atoms with Crippen molar-refractivity contribution in [2.24, 2.45) is 0 Å². The molecule has 3 heterocycles. The Morgan fingerprint density at radius 1 is 0.872 bits per heavy atom. The van der Waals surface area contributed by atoms with Crippen molar-refractivity contribution < 1.29 is 14.0 Å². The number of amides is 2. The van der Waals surface area contributed by atoms with E-state index in [1.54, 1.807) is 29.0 Å². The third-order valence-electron chi connectivity index (χ3n) is 7.70. The molecule has 4 aromatic rings. The van der Waals surface area contributed by atoms with Gasteiger partial charge in [0, 0.05) is 4.75 Å². The number of furan rings is 1. The van der Waals surface area contributed by atoms with Crippen LogP contribution >= 0.6 is 11.8 Å². The van der Waals surface area contributed by atoms with Crippen LogP contribution in [0.25, 0.3) is 0 Å². The number of carbonyl (C=O) groups is 2. The Kier molecular flexibility index (Phi) is 6.57. The zero-order valence-corrected chi connectivity index (χ0v) is 22.7. The van der Waals surface area contributed by atoms with Gasteiger partial charge in [0.05, 0.1) is 18.3 Å². The lowest BCUT2D eigenvalue weighted by Gasteiger charge is -2.49. The van der Waals surface area contributed by atoms with Crippen molar-refractivity contribution in [2.45, 2.75) is 48.1 Å². The molecule has 39 heavy (non-hydrogen) atoms. The molecule has 6 rings (SSSR count). The number of carbonyl (C=O) groups excluding carboxylic acids is 2. The van der Waals surface area contributed by atoms with E-state index in [-0.39, 0.29) is 23.7 Å². The highest BCUT2D eigenvalue weighted by molar-refractivity contribution is 8.01. The van der Waals surface area contributed by atoms with Gasteiger partial charge in [-0.15, -0.1) is 11.8 Å². The minimum Gasteiger partial charge on any atom is -0.467 e. The van der Waals surface area contributed by atoms with Gasteiger partial charge in [-0.25, -0.2) is 0 Å². The molecule has 2 N–H and O–H groups in total. The van der Waals surface area contributed by atoms with E-state index >= 15 is 0 Å². The first-order chi connectivity index (χ1) is 18.9. The van der Waals surface area contributed by atoms with Crippen LogP contribution in [0, 0.1) is 0 Å². The van der Waals surface area contributed by atoms with Crippen LogP contribution < -0.4 is 10.6 Å². The molecule has 7 heteroatoms. The maximum absolute atomic E-state index is 13.9. The summed E-state index contributed by atoms with van der Waals surface area (Å²) in [5.74, 6) is 0.443. The molecular weight excluding hydrogens is 506 g/mol. The Bertz CT molecular complexity index is 1350. The number of rotatable bonds is 8. The van der Waals surface area contributed by atoms with Crippen molar-refractivity contribution >= 4 is 23.6 Å². The number of fused-ring (bicyclic) bond motifs is 1. The molecule has 3 aromatic carbocycles. The van der Waals surface area contributed by atoms with Crippen LogP contribution in [-0.4, -0.2) is 38.9 Å². The second-order valence-electron chi connectivity index (χ2n) is 10.5. The second kappa shape index (κ2) is 10.1. The van der Waals surface area contributed by atoms with Crippen LogP contribution in [-0.2, 0) is 21.7 Å². The Balaban J connectivity index is 1.35.